The summed E-state index contributed by atoms with van der Waals surface area (Å²) in [6.07, 6.45) is 2.29. The minimum absolute atomic E-state index is 0.348. The average molecular weight is 130 g/mol. The fourth-order valence-corrected chi connectivity index (χ4v) is 0.657. The third-order valence-electron chi connectivity index (χ3n) is 1.55. The van der Waals surface area contributed by atoms with Gasteiger partial charge >= 0.3 is 0 Å². The number of hydrogen-bond acceptors (Lipinski definition) is 2. The van der Waals surface area contributed by atoms with E-state index >= 15 is 0 Å². The molecule has 0 aromatic carbocycles. The molecule has 3 N–H and O–H groups in total. The summed E-state index contributed by atoms with van der Waals surface area (Å²) in [4.78, 5) is 0. The van der Waals surface area contributed by atoms with E-state index in [-0.39, 0.29) is 0 Å². The molecule has 0 spiro atoms. The monoisotopic (exact) mass is 130 g/mol. The Balaban J connectivity index is 3.06. The molecule has 0 heterocycles. The summed E-state index contributed by atoms with van der Waals surface area (Å²) >= 11 is 0. The maximum Gasteiger partial charge on any atom is 0.00363 e. The van der Waals surface area contributed by atoms with Gasteiger partial charge in [0.15, 0.2) is 0 Å². The molecule has 0 saturated carbocycles. The number of nitrogens with one attached hydrogen (secondary N) is 1. The van der Waals surface area contributed by atoms with Crippen molar-refractivity contribution in [1.29, 1.82) is 0 Å². The van der Waals surface area contributed by atoms with Crippen LogP contribution in [0.5, 0.6) is 0 Å². The summed E-state index contributed by atoms with van der Waals surface area (Å²) in [7, 11) is 1.98. The summed E-state index contributed by atoms with van der Waals surface area (Å²) in [6, 6.07) is 0.955. The summed E-state index contributed by atoms with van der Waals surface area (Å²) in [5.74, 6) is 0. The van der Waals surface area contributed by atoms with Crippen molar-refractivity contribution >= 4 is 0 Å². The normalized spacial score (nSPS) is 17.3. The lowest BCUT2D eigenvalue weighted by molar-refractivity contribution is 0.509. The summed E-state index contributed by atoms with van der Waals surface area (Å²) in [5.41, 5.74) is 5.57. The first kappa shape index (κ1) is 8.92. The zero-order valence-corrected chi connectivity index (χ0v) is 6.65. The van der Waals surface area contributed by atoms with Gasteiger partial charge in [0.2, 0.25) is 0 Å². The van der Waals surface area contributed by atoms with E-state index in [1.54, 1.807) is 0 Å². The molecule has 56 valence electrons. The van der Waals surface area contributed by atoms with E-state index in [1.165, 1.54) is 6.42 Å². The van der Waals surface area contributed by atoms with Crippen LogP contribution >= 0.6 is 0 Å². The fraction of sp³-hybridized carbons (Fsp3) is 1.00. The second kappa shape index (κ2) is 4.77. The molecular weight excluding hydrogens is 112 g/mol. The minimum atomic E-state index is 0.348. The Morgan fingerprint density at radius 1 is 1.33 bits per heavy atom. The highest BCUT2D eigenvalue weighted by Crippen LogP contribution is 1.97. The lowest BCUT2D eigenvalue weighted by Crippen LogP contribution is -2.24. The van der Waals surface area contributed by atoms with E-state index in [0.717, 1.165) is 6.42 Å². The second-order valence-corrected chi connectivity index (χ2v) is 2.74. The Morgan fingerprint density at radius 2 is 1.89 bits per heavy atom. The average Bonchev–Trinajstić information content (AvgIpc) is 1.83. The molecular formula is C7H18N2. The van der Waals surface area contributed by atoms with Crippen LogP contribution in [0, 0.1) is 0 Å². The first-order chi connectivity index (χ1) is 4.16. The molecule has 2 heteroatoms. The third kappa shape index (κ3) is 5.80. The van der Waals surface area contributed by atoms with Gasteiger partial charge < -0.3 is 11.1 Å². The molecule has 2 nitrogen and oxygen atoms in total. The lowest BCUT2D eigenvalue weighted by Gasteiger charge is -2.10. The van der Waals surface area contributed by atoms with Crippen LogP contribution in [0.25, 0.3) is 0 Å². The van der Waals surface area contributed by atoms with E-state index in [9.17, 15) is 0 Å². The molecule has 9 heavy (non-hydrogen) atoms. The quantitative estimate of drug-likeness (QED) is 0.588. The van der Waals surface area contributed by atoms with Crippen LogP contribution in [0.4, 0.5) is 0 Å². The Morgan fingerprint density at radius 3 is 2.22 bits per heavy atom. The van der Waals surface area contributed by atoms with Crippen molar-refractivity contribution in [2.24, 2.45) is 5.73 Å². The Hall–Kier alpha value is -0.0800. The van der Waals surface area contributed by atoms with Crippen molar-refractivity contribution in [3.63, 3.8) is 0 Å². The van der Waals surface area contributed by atoms with Crippen molar-refractivity contribution in [2.75, 3.05) is 7.05 Å². The van der Waals surface area contributed by atoms with E-state index in [0.29, 0.717) is 12.1 Å². The largest absolute Gasteiger partial charge is 0.328 e. The van der Waals surface area contributed by atoms with Gasteiger partial charge in [-0.05, 0) is 33.7 Å². The van der Waals surface area contributed by atoms with Crippen molar-refractivity contribution in [1.82, 2.24) is 5.32 Å². The molecule has 0 rings (SSSR count). The summed E-state index contributed by atoms with van der Waals surface area (Å²) in [6.45, 7) is 4.21. The van der Waals surface area contributed by atoms with Crippen LogP contribution in [0.2, 0.25) is 0 Å². The molecule has 0 saturated heterocycles. The number of nitrogens with two attached hydrogens (primary N) is 1. The predicted molar refractivity (Wildman–Crippen MR) is 41.4 cm³/mol. The van der Waals surface area contributed by atoms with Crippen LogP contribution in [-0.4, -0.2) is 19.1 Å². The van der Waals surface area contributed by atoms with Gasteiger partial charge in [-0.3, -0.25) is 0 Å². The van der Waals surface area contributed by atoms with Crippen LogP contribution in [0.1, 0.15) is 26.7 Å². The molecule has 0 aliphatic carbocycles. The molecule has 0 radical (unpaired) electrons. The van der Waals surface area contributed by atoms with Gasteiger partial charge in [-0.2, -0.15) is 0 Å². The van der Waals surface area contributed by atoms with E-state index in [1.807, 2.05) is 14.0 Å². The maximum absolute atomic E-state index is 5.57. The fourth-order valence-electron chi connectivity index (χ4n) is 0.657. The molecule has 0 unspecified atom stereocenters. The van der Waals surface area contributed by atoms with Gasteiger partial charge in [0, 0.05) is 12.1 Å². The van der Waals surface area contributed by atoms with Gasteiger partial charge in [-0.1, -0.05) is 0 Å². The molecule has 0 aliphatic rings. The smallest absolute Gasteiger partial charge is 0.00363 e. The number of hydrogen-bond donors (Lipinski definition) is 2. The lowest BCUT2D eigenvalue weighted by atomic mass is 10.1. The molecule has 0 bridgehead atoms. The van der Waals surface area contributed by atoms with Crippen LogP contribution in [0.15, 0.2) is 0 Å². The highest BCUT2D eigenvalue weighted by molar-refractivity contribution is 4.61. The van der Waals surface area contributed by atoms with Crippen LogP contribution in [0.3, 0.4) is 0 Å². The number of rotatable bonds is 4. The van der Waals surface area contributed by atoms with Gasteiger partial charge in [0.25, 0.3) is 0 Å². The zero-order chi connectivity index (χ0) is 7.28. The minimum Gasteiger partial charge on any atom is -0.328 e. The first-order valence-electron chi connectivity index (χ1n) is 3.59. The van der Waals surface area contributed by atoms with Gasteiger partial charge in [-0.15, -0.1) is 0 Å². The van der Waals surface area contributed by atoms with Crippen LogP contribution in [-0.2, 0) is 0 Å². The van der Waals surface area contributed by atoms with Crippen molar-refractivity contribution in [3.8, 4) is 0 Å². The standard InChI is InChI=1S/C7H18N2/c1-6(8)4-5-7(2)9-3/h6-7,9H,4-5,8H2,1-3H3/t6-,7-/m1/s1. The topological polar surface area (TPSA) is 38.0 Å². The van der Waals surface area contributed by atoms with E-state index < -0.39 is 0 Å². The highest BCUT2D eigenvalue weighted by atomic mass is 14.8. The maximum atomic E-state index is 5.57. The van der Waals surface area contributed by atoms with Crippen LogP contribution < -0.4 is 11.1 Å². The molecule has 0 fully saturated rings. The summed E-state index contributed by atoms with van der Waals surface area (Å²) in [5, 5.41) is 3.16. The third-order valence-corrected chi connectivity index (χ3v) is 1.55. The highest BCUT2D eigenvalue weighted by Gasteiger charge is 1.98. The Kier molecular flexibility index (Phi) is 4.72. The SMILES string of the molecule is CN[C@H](C)CC[C@@H](C)N. The molecule has 0 aromatic rings. The Labute approximate surface area is 57.8 Å². The van der Waals surface area contributed by atoms with E-state index in [4.69, 9.17) is 5.73 Å². The van der Waals surface area contributed by atoms with Crippen molar-refractivity contribution < 1.29 is 0 Å². The molecule has 0 aromatic heterocycles. The van der Waals surface area contributed by atoms with Gasteiger partial charge in [-0.25, -0.2) is 0 Å². The zero-order valence-electron chi connectivity index (χ0n) is 6.65. The summed E-state index contributed by atoms with van der Waals surface area (Å²) < 4.78 is 0. The molecule has 0 aliphatic heterocycles. The molecule has 0 amide bonds. The van der Waals surface area contributed by atoms with Gasteiger partial charge in [0.05, 0.1) is 0 Å². The van der Waals surface area contributed by atoms with Crippen molar-refractivity contribution in [3.05, 3.63) is 0 Å². The predicted octanol–water partition coefficient (Wildman–Crippen LogP) is 0.722. The second-order valence-electron chi connectivity index (χ2n) is 2.74. The van der Waals surface area contributed by atoms with Gasteiger partial charge in [0.1, 0.15) is 0 Å². The molecule has 2 atom stereocenters. The first-order valence-corrected chi connectivity index (χ1v) is 3.59. The van der Waals surface area contributed by atoms with E-state index in [2.05, 4.69) is 12.2 Å². The van der Waals surface area contributed by atoms with Crippen molar-refractivity contribution in [2.45, 2.75) is 38.8 Å². The Bertz CT molecular complexity index is 61.9.